The molecule has 0 unspecified atom stereocenters. The minimum Gasteiger partial charge on any atom is -0.110 e. The van der Waals surface area contributed by atoms with E-state index in [0.29, 0.717) is 16.4 Å². The Bertz CT molecular complexity index is 478. The first-order valence-electron chi connectivity index (χ1n) is 4.69. The van der Waals surface area contributed by atoms with Crippen molar-refractivity contribution in [2.75, 3.05) is 0 Å². The topological polar surface area (TPSA) is 0 Å². The van der Waals surface area contributed by atoms with E-state index < -0.39 is 0 Å². The molecule has 0 aromatic heterocycles. The number of hydrogen-bond acceptors (Lipinski definition) is 0. The highest BCUT2D eigenvalue weighted by Gasteiger charge is 2.03. The van der Waals surface area contributed by atoms with Gasteiger partial charge in [-0.25, -0.2) is 0 Å². The Morgan fingerprint density at radius 2 is 1.33 bits per heavy atom. The maximum Gasteiger partial charge on any atom is 0.113 e. The van der Waals surface area contributed by atoms with E-state index in [2.05, 4.69) is 0 Å². The van der Waals surface area contributed by atoms with Crippen LogP contribution in [-0.4, -0.2) is 23.5 Å². The molecule has 0 amide bonds. The van der Waals surface area contributed by atoms with Crippen molar-refractivity contribution < 1.29 is 0 Å². The molecule has 0 aliphatic carbocycles. The van der Waals surface area contributed by atoms with E-state index in [1.54, 1.807) is 6.07 Å². The molecule has 0 aliphatic rings. The fourth-order valence-corrected chi connectivity index (χ4v) is 1.52. The van der Waals surface area contributed by atoms with Gasteiger partial charge in [0.2, 0.25) is 0 Å². The zero-order valence-corrected chi connectivity index (χ0v) is 8.27. The van der Waals surface area contributed by atoms with Crippen LogP contribution in [0.1, 0.15) is 0 Å². The van der Waals surface area contributed by atoms with Gasteiger partial charge in [-0.15, -0.1) is 10.9 Å². The predicted octanol–water partition coefficient (Wildman–Crippen LogP) is -0.265. The molecular formula is C12H7B3. The van der Waals surface area contributed by atoms with Crippen LogP contribution in [0, 0.1) is 0 Å². The maximum absolute atomic E-state index is 5.91. The lowest BCUT2D eigenvalue weighted by molar-refractivity contribution is 1.67. The highest BCUT2D eigenvalue weighted by atomic mass is 14.0. The molecule has 0 saturated heterocycles. The van der Waals surface area contributed by atoms with E-state index >= 15 is 0 Å². The summed E-state index contributed by atoms with van der Waals surface area (Å²) in [5.74, 6) is 0. The first kappa shape index (κ1) is 10.2. The van der Waals surface area contributed by atoms with E-state index in [9.17, 15) is 0 Å². The van der Waals surface area contributed by atoms with Crippen LogP contribution >= 0.6 is 0 Å². The lowest BCUT2D eigenvalue weighted by Crippen LogP contribution is -2.39. The molecule has 0 N–H and O–H groups in total. The third-order valence-corrected chi connectivity index (χ3v) is 2.41. The Morgan fingerprint density at radius 1 is 0.667 bits per heavy atom. The van der Waals surface area contributed by atoms with Gasteiger partial charge in [-0.2, -0.15) is 0 Å². The molecule has 2 aromatic carbocycles. The molecule has 15 heavy (non-hydrogen) atoms. The van der Waals surface area contributed by atoms with Crippen molar-refractivity contribution in [1.29, 1.82) is 0 Å². The molecule has 0 spiro atoms. The van der Waals surface area contributed by atoms with E-state index in [4.69, 9.17) is 23.5 Å². The largest absolute Gasteiger partial charge is 0.113 e. The van der Waals surface area contributed by atoms with Crippen LogP contribution in [0.3, 0.4) is 0 Å². The SMILES string of the molecule is [B]c1ccc(-c2ccccc2)c([B])c1[B]. The molecule has 2 aromatic rings. The molecule has 0 fully saturated rings. The van der Waals surface area contributed by atoms with E-state index in [1.807, 2.05) is 36.4 Å². The van der Waals surface area contributed by atoms with Crippen LogP contribution in [0.25, 0.3) is 11.1 Å². The van der Waals surface area contributed by atoms with E-state index in [1.165, 1.54) is 0 Å². The average Bonchev–Trinajstić information content (AvgIpc) is 2.27. The highest BCUT2D eigenvalue weighted by molar-refractivity contribution is 6.58. The van der Waals surface area contributed by atoms with Crippen molar-refractivity contribution in [3.63, 3.8) is 0 Å². The van der Waals surface area contributed by atoms with Gasteiger partial charge in [0, 0.05) is 0 Å². The minimum atomic E-state index is 0.455. The molecule has 3 heteroatoms. The zero-order valence-electron chi connectivity index (χ0n) is 8.27. The van der Waals surface area contributed by atoms with Gasteiger partial charge in [-0.3, -0.25) is 0 Å². The van der Waals surface area contributed by atoms with Crippen molar-refractivity contribution in [1.82, 2.24) is 0 Å². The minimum absolute atomic E-state index is 0.455. The number of rotatable bonds is 1. The van der Waals surface area contributed by atoms with Crippen molar-refractivity contribution in [3.05, 3.63) is 42.5 Å². The monoisotopic (exact) mass is 184 g/mol. The summed E-state index contributed by atoms with van der Waals surface area (Å²) in [4.78, 5) is 0. The lowest BCUT2D eigenvalue weighted by Gasteiger charge is -2.12. The van der Waals surface area contributed by atoms with E-state index in [-0.39, 0.29) is 0 Å². The highest BCUT2D eigenvalue weighted by Crippen LogP contribution is 2.14. The molecule has 6 radical (unpaired) electrons. The van der Waals surface area contributed by atoms with Gasteiger partial charge in [0.15, 0.2) is 0 Å². The molecule has 0 bridgehead atoms. The van der Waals surface area contributed by atoms with Gasteiger partial charge in [-0.1, -0.05) is 47.9 Å². The van der Waals surface area contributed by atoms with Gasteiger partial charge in [-0.05, 0) is 11.1 Å². The van der Waals surface area contributed by atoms with Crippen molar-refractivity contribution in [2.45, 2.75) is 0 Å². The summed E-state index contributed by atoms with van der Waals surface area (Å²) in [7, 11) is 17.3. The number of benzene rings is 2. The Hall–Kier alpha value is -1.37. The summed E-state index contributed by atoms with van der Waals surface area (Å²) in [6.45, 7) is 0. The third-order valence-electron chi connectivity index (χ3n) is 2.41. The molecule has 0 heterocycles. The van der Waals surface area contributed by atoms with Gasteiger partial charge in [0.25, 0.3) is 0 Å². The van der Waals surface area contributed by atoms with Crippen LogP contribution in [0.15, 0.2) is 42.5 Å². The first-order valence-corrected chi connectivity index (χ1v) is 4.69. The lowest BCUT2D eigenvalue weighted by atomic mass is 9.70. The second-order valence-electron chi connectivity index (χ2n) is 3.40. The smallest absolute Gasteiger partial charge is 0.110 e. The van der Waals surface area contributed by atoms with Crippen LogP contribution in [-0.2, 0) is 0 Å². The Kier molecular flexibility index (Phi) is 2.72. The molecule has 64 valence electrons. The van der Waals surface area contributed by atoms with Gasteiger partial charge >= 0.3 is 0 Å². The molecule has 0 atom stereocenters. The Labute approximate surface area is 93.9 Å². The van der Waals surface area contributed by atoms with Crippen LogP contribution in [0.2, 0.25) is 0 Å². The summed E-state index contributed by atoms with van der Waals surface area (Å²) < 4.78 is 0. The van der Waals surface area contributed by atoms with Crippen LogP contribution in [0.4, 0.5) is 0 Å². The number of hydrogen-bond donors (Lipinski definition) is 0. The standard InChI is InChI=1S/C12H7B3/c13-10-7-6-9(11(14)12(10)15)8-4-2-1-3-5-8/h1-7H. The predicted molar refractivity (Wildman–Crippen MR) is 68.0 cm³/mol. The van der Waals surface area contributed by atoms with Crippen molar-refractivity contribution in [2.24, 2.45) is 0 Å². The molecule has 0 saturated carbocycles. The molecule has 0 nitrogen and oxygen atoms in total. The molecular weight excluding hydrogens is 177 g/mol. The summed E-state index contributed by atoms with van der Waals surface area (Å²) >= 11 is 0. The average molecular weight is 184 g/mol. The fourth-order valence-electron chi connectivity index (χ4n) is 1.52. The zero-order chi connectivity index (χ0) is 10.8. The summed E-state index contributed by atoms with van der Waals surface area (Å²) in [5.41, 5.74) is 3.48. The van der Waals surface area contributed by atoms with Crippen LogP contribution < -0.4 is 16.4 Å². The quantitative estimate of drug-likeness (QED) is 0.535. The first-order chi connectivity index (χ1) is 7.20. The summed E-state index contributed by atoms with van der Waals surface area (Å²) in [6.07, 6.45) is 0. The normalized spacial score (nSPS) is 10.1. The van der Waals surface area contributed by atoms with E-state index in [0.717, 1.165) is 11.1 Å². The fraction of sp³-hybridized carbons (Fsp3) is 0. The second-order valence-corrected chi connectivity index (χ2v) is 3.40. The van der Waals surface area contributed by atoms with Crippen molar-refractivity contribution in [3.8, 4) is 11.1 Å². The molecule has 2 rings (SSSR count). The second kappa shape index (κ2) is 4.02. The van der Waals surface area contributed by atoms with Crippen molar-refractivity contribution >= 4 is 39.9 Å². The van der Waals surface area contributed by atoms with Crippen LogP contribution in [0.5, 0.6) is 0 Å². The van der Waals surface area contributed by atoms with Gasteiger partial charge in [0.05, 0.1) is 0 Å². The Morgan fingerprint density at radius 3 is 2.00 bits per heavy atom. The van der Waals surface area contributed by atoms with Gasteiger partial charge in [0.1, 0.15) is 23.5 Å². The van der Waals surface area contributed by atoms with Gasteiger partial charge < -0.3 is 0 Å². The summed E-state index contributed by atoms with van der Waals surface area (Å²) in [5, 5.41) is 0. The summed E-state index contributed by atoms with van der Waals surface area (Å²) in [6, 6.07) is 13.5. The molecule has 0 aliphatic heterocycles. The Balaban J connectivity index is 2.60. The third kappa shape index (κ3) is 1.87. The maximum atomic E-state index is 5.91.